The van der Waals surface area contributed by atoms with E-state index in [-0.39, 0.29) is 66.6 Å². The maximum atomic E-state index is 16.0. The van der Waals surface area contributed by atoms with E-state index in [4.69, 9.17) is 21.3 Å². The standard InChI is InChI=1S/C42H48ClFN10O6/c1-24(2)54-31-6-4-27(18-26(31)19-34(41(54)59)60-23-36(56)45-3)47-38-30(43)20-46-42(49-38)52-12-10-25(11-13-52)21-50-14-16-51(17-15-50)32-7-5-28-29(37(32)44)22-53(40(28)58)33-8-9-35(55)48-39(33)57/h4-7,18-20,24-25,33H,8-17,21-23H2,1-3H3,(H,45,56)(H,46,47,49)(H,48,55,57). The van der Waals surface area contributed by atoms with E-state index >= 15 is 4.39 Å². The average Bonchev–Trinajstić information content (AvgIpc) is 3.57. The van der Waals surface area contributed by atoms with Crippen LogP contribution in [0.2, 0.25) is 5.02 Å². The molecule has 3 N–H and O–H groups in total. The molecular formula is C42H48ClFN10O6. The number of ether oxygens (including phenoxy) is 1. The van der Waals surface area contributed by atoms with Gasteiger partial charge in [-0.2, -0.15) is 4.98 Å². The Morgan fingerprint density at radius 2 is 1.77 bits per heavy atom. The van der Waals surface area contributed by atoms with Crippen LogP contribution in [0.3, 0.4) is 0 Å². The molecule has 4 aliphatic heterocycles. The number of fused-ring (bicyclic) bond motifs is 2. The van der Waals surface area contributed by atoms with Crippen molar-refractivity contribution in [3.8, 4) is 5.75 Å². The summed E-state index contributed by atoms with van der Waals surface area (Å²) in [4.78, 5) is 79.6. The number of piperazine rings is 1. The molecule has 1 atom stereocenters. The number of imide groups is 1. The van der Waals surface area contributed by atoms with Crippen LogP contribution in [0.4, 0.5) is 27.5 Å². The van der Waals surface area contributed by atoms with Crippen LogP contribution in [0.1, 0.15) is 61.5 Å². The highest BCUT2D eigenvalue weighted by molar-refractivity contribution is 6.33. The van der Waals surface area contributed by atoms with Crippen LogP contribution in [-0.2, 0) is 20.9 Å². The minimum absolute atomic E-state index is 0.00588. The van der Waals surface area contributed by atoms with E-state index in [1.807, 2.05) is 36.9 Å². The Morgan fingerprint density at radius 3 is 2.48 bits per heavy atom. The van der Waals surface area contributed by atoms with Crippen molar-refractivity contribution in [1.29, 1.82) is 0 Å². The molecule has 4 aromatic rings. The number of anilines is 4. The van der Waals surface area contributed by atoms with Gasteiger partial charge in [-0.25, -0.2) is 9.37 Å². The third-order valence-corrected chi connectivity index (χ3v) is 12.2. The Bertz CT molecular complexity index is 2410. The van der Waals surface area contributed by atoms with Crippen LogP contribution < -0.4 is 36.0 Å². The third-order valence-electron chi connectivity index (χ3n) is 11.9. The van der Waals surface area contributed by atoms with E-state index in [0.29, 0.717) is 52.7 Å². The predicted molar refractivity (Wildman–Crippen MR) is 225 cm³/mol. The minimum atomic E-state index is -0.787. The lowest BCUT2D eigenvalue weighted by molar-refractivity contribution is -0.137. The van der Waals surface area contributed by atoms with Gasteiger partial charge >= 0.3 is 0 Å². The quantitative estimate of drug-likeness (QED) is 0.187. The number of halogens is 2. The van der Waals surface area contributed by atoms with Crippen molar-refractivity contribution in [2.24, 2.45) is 5.92 Å². The molecule has 0 bridgehead atoms. The summed E-state index contributed by atoms with van der Waals surface area (Å²) in [6, 6.07) is 9.63. The van der Waals surface area contributed by atoms with E-state index in [1.165, 1.54) is 11.9 Å². The zero-order chi connectivity index (χ0) is 42.2. The first-order chi connectivity index (χ1) is 28.9. The summed E-state index contributed by atoms with van der Waals surface area (Å²) < 4.78 is 23.2. The Balaban J connectivity index is 0.856. The van der Waals surface area contributed by atoms with Crippen LogP contribution in [0.5, 0.6) is 5.75 Å². The Hall–Kier alpha value is -5.81. The summed E-state index contributed by atoms with van der Waals surface area (Å²) in [6.45, 7) is 8.91. The predicted octanol–water partition coefficient (Wildman–Crippen LogP) is 3.83. The molecule has 0 radical (unpaired) electrons. The summed E-state index contributed by atoms with van der Waals surface area (Å²) in [5.41, 5.74) is 2.15. The molecule has 3 saturated heterocycles. The van der Waals surface area contributed by atoms with Crippen molar-refractivity contribution in [3.63, 3.8) is 0 Å². The van der Waals surface area contributed by atoms with Crippen LogP contribution in [-0.4, -0.2) is 113 Å². The summed E-state index contributed by atoms with van der Waals surface area (Å²) in [5.74, 6) is -0.438. The van der Waals surface area contributed by atoms with E-state index in [9.17, 15) is 24.0 Å². The number of carbonyl (C=O) groups is 4. The summed E-state index contributed by atoms with van der Waals surface area (Å²) in [7, 11) is 1.51. The second kappa shape index (κ2) is 17.0. The van der Waals surface area contributed by atoms with Crippen molar-refractivity contribution in [3.05, 3.63) is 74.9 Å². The molecule has 6 heterocycles. The first-order valence-electron chi connectivity index (χ1n) is 20.4. The number of hydrogen-bond acceptors (Lipinski definition) is 12. The highest BCUT2D eigenvalue weighted by Gasteiger charge is 2.41. The van der Waals surface area contributed by atoms with Gasteiger partial charge in [0.25, 0.3) is 17.4 Å². The van der Waals surface area contributed by atoms with Gasteiger partial charge in [-0.05, 0) is 75.4 Å². The number of benzene rings is 2. The lowest BCUT2D eigenvalue weighted by Crippen LogP contribution is -2.52. The number of aromatic nitrogens is 3. The van der Waals surface area contributed by atoms with Gasteiger partial charge in [0.05, 0.1) is 23.9 Å². The first-order valence-corrected chi connectivity index (χ1v) is 20.8. The monoisotopic (exact) mass is 842 g/mol. The molecule has 0 saturated carbocycles. The van der Waals surface area contributed by atoms with E-state index in [1.54, 1.807) is 29.0 Å². The van der Waals surface area contributed by atoms with E-state index in [0.717, 1.165) is 56.5 Å². The van der Waals surface area contributed by atoms with Crippen molar-refractivity contribution < 1.29 is 28.3 Å². The molecule has 4 amide bonds. The van der Waals surface area contributed by atoms with Crippen molar-refractivity contribution in [2.45, 2.75) is 58.2 Å². The van der Waals surface area contributed by atoms with Crippen molar-refractivity contribution in [2.75, 3.05) is 74.6 Å². The number of piperidine rings is 2. The normalized spacial score (nSPS) is 18.9. The Morgan fingerprint density at radius 1 is 1.00 bits per heavy atom. The molecule has 8 rings (SSSR count). The average molecular weight is 843 g/mol. The SMILES string of the molecule is CNC(=O)COc1cc2cc(Nc3nc(N4CCC(CN5CCN(c6ccc7c(c6F)CN(C6CCC(=O)NC6=O)C7=O)CC5)CC4)ncc3Cl)ccc2n(C(C)C)c1=O. The minimum Gasteiger partial charge on any atom is -0.478 e. The molecule has 1 unspecified atom stereocenters. The van der Waals surface area contributed by atoms with Gasteiger partial charge in [0.1, 0.15) is 11.1 Å². The van der Waals surface area contributed by atoms with Gasteiger partial charge in [-0.15, -0.1) is 0 Å². The molecule has 316 valence electrons. The summed E-state index contributed by atoms with van der Waals surface area (Å²) in [5, 5.41) is 9.21. The zero-order valence-corrected chi connectivity index (χ0v) is 34.6. The maximum Gasteiger partial charge on any atom is 0.293 e. The van der Waals surface area contributed by atoms with Gasteiger partial charge in [-0.1, -0.05) is 11.6 Å². The number of hydrogen-bond donors (Lipinski definition) is 3. The Kier molecular flexibility index (Phi) is 11.6. The molecule has 60 heavy (non-hydrogen) atoms. The van der Waals surface area contributed by atoms with Gasteiger partial charge in [-0.3, -0.25) is 34.2 Å². The van der Waals surface area contributed by atoms with Crippen LogP contribution in [0, 0.1) is 11.7 Å². The van der Waals surface area contributed by atoms with Crippen molar-refractivity contribution in [1.82, 2.24) is 35.0 Å². The lowest BCUT2D eigenvalue weighted by atomic mass is 9.96. The number of amides is 4. The van der Waals surface area contributed by atoms with Crippen LogP contribution in [0.15, 0.2) is 47.4 Å². The molecule has 4 aliphatic rings. The van der Waals surface area contributed by atoms with E-state index < -0.39 is 17.8 Å². The van der Waals surface area contributed by atoms with Gasteiger partial charge in [0.15, 0.2) is 24.0 Å². The first kappa shape index (κ1) is 40.9. The van der Waals surface area contributed by atoms with E-state index in [2.05, 4.69) is 30.7 Å². The molecule has 2 aromatic heterocycles. The largest absolute Gasteiger partial charge is 0.478 e. The van der Waals surface area contributed by atoms with Crippen LogP contribution >= 0.6 is 11.6 Å². The van der Waals surface area contributed by atoms with Crippen LogP contribution in [0.25, 0.3) is 10.9 Å². The number of carbonyl (C=O) groups excluding carboxylic acids is 4. The highest BCUT2D eigenvalue weighted by atomic mass is 35.5. The fourth-order valence-corrected chi connectivity index (χ4v) is 8.79. The topological polar surface area (TPSA) is 174 Å². The molecule has 16 nitrogen and oxygen atoms in total. The molecule has 0 spiro atoms. The number of nitrogens with one attached hydrogen (secondary N) is 3. The van der Waals surface area contributed by atoms with Crippen molar-refractivity contribution >= 4 is 69.3 Å². The summed E-state index contributed by atoms with van der Waals surface area (Å²) >= 11 is 6.59. The fourth-order valence-electron chi connectivity index (χ4n) is 8.65. The molecular weight excluding hydrogens is 795 g/mol. The highest BCUT2D eigenvalue weighted by Crippen LogP contribution is 2.35. The van der Waals surface area contributed by atoms with Gasteiger partial charge in [0, 0.05) is 87.5 Å². The number of pyridine rings is 1. The second-order valence-corrected chi connectivity index (χ2v) is 16.5. The lowest BCUT2D eigenvalue weighted by Gasteiger charge is -2.39. The third kappa shape index (κ3) is 8.19. The number of likely N-dealkylation sites (N-methyl/N-ethyl adjacent to an activating group) is 1. The fraction of sp³-hybridized carbons (Fsp3) is 0.452. The summed E-state index contributed by atoms with van der Waals surface area (Å²) in [6.07, 6.45) is 3.88. The van der Waals surface area contributed by atoms with Gasteiger partial charge < -0.3 is 34.6 Å². The Labute approximate surface area is 351 Å². The maximum absolute atomic E-state index is 16.0. The molecule has 0 aliphatic carbocycles. The number of nitrogens with zero attached hydrogens (tertiary/aromatic N) is 7. The molecule has 2 aromatic carbocycles. The molecule has 18 heteroatoms. The zero-order valence-electron chi connectivity index (χ0n) is 33.8. The number of rotatable bonds is 11. The smallest absolute Gasteiger partial charge is 0.293 e. The second-order valence-electron chi connectivity index (χ2n) is 16.0. The molecule has 3 fully saturated rings. The van der Waals surface area contributed by atoms with Gasteiger partial charge in [0.2, 0.25) is 17.8 Å².